The van der Waals surface area contributed by atoms with E-state index in [0.717, 1.165) is 160 Å². The lowest BCUT2D eigenvalue weighted by Crippen LogP contribution is -2.03. The lowest BCUT2D eigenvalue weighted by Gasteiger charge is -2.20. The second-order valence-corrected chi connectivity index (χ2v) is 24.6. The van der Waals surface area contributed by atoms with Crippen molar-refractivity contribution in [1.29, 1.82) is 0 Å². The molecule has 438 valence electrons. The van der Waals surface area contributed by atoms with E-state index >= 15 is 8.78 Å². The first kappa shape index (κ1) is 52.0. The minimum atomic E-state index is -0.719. The van der Waals surface area contributed by atoms with Crippen LogP contribution in [0.2, 0.25) is 0 Å². The summed E-state index contributed by atoms with van der Waals surface area (Å²) in [4.78, 5) is 4.65. The molecular formula is C85H49F2N7. The van der Waals surface area contributed by atoms with Crippen molar-refractivity contribution in [3.8, 4) is 45.3 Å². The lowest BCUT2D eigenvalue weighted by molar-refractivity contribution is 0.584. The topological polar surface area (TPSA) is 33.9 Å². The van der Waals surface area contributed by atoms with Crippen LogP contribution in [0.3, 0.4) is 0 Å². The predicted molar refractivity (Wildman–Crippen MR) is 384 cm³/mol. The van der Waals surface area contributed by atoms with Crippen molar-refractivity contribution >= 4 is 137 Å². The van der Waals surface area contributed by atoms with E-state index in [1.54, 1.807) is 0 Å². The van der Waals surface area contributed by atoms with Crippen molar-refractivity contribution in [1.82, 2.24) is 27.4 Å². The van der Waals surface area contributed by atoms with Gasteiger partial charge >= 0.3 is 0 Å². The summed E-state index contributed by atoms with van der Waals surface area (Å²) < 4.78 is 45.8. The van der Waals surface area contributed by atoms with Crippen LogP contribution in [0.1, 0.15) is 0 Å². The number of benzene rings is 14. The van der Waals surface area contributed by atoms with E-state index in [1.165, 1.54) is 12.1 Å². The molecule has 14 aromatic carbocycles. The molecular weight excluding hydrogens is 1160 g/mol. The number of hydrogen-bond donors (Lipinski definition) is 0. The summed E-state index contributed by atoms with van der Waals surface area (Å²) in [6, 6.07) is 102. The van der Waals surface area contributed by atoms with Crippen LogP contribution < -0.4 is 0 Å². The molecule has 0 atom stereocenters. The molecule has 0 amide bonds. The Bertz CT molecular complexity index is 6160. The van der Waals surface area contributed by atoms with E-state index in [4.69, 9.17) is 0 Å². The van der Waals surface area contributed by atoms with Crippen LogP contribution in [0.4, 0.5) is 14.5 Å². The summed E-state index contributed by atoms with van der Waals surface area (Å²) in [6.07, 6.45) is 0. The van der Waals surface area contributed by atoms with Crippen molar-refractivity contribution in [3.05, 3.63) is 320 Å². The van der Waals surface area contributed by atoms with Crippen molar-refractivity contribution in [2.75, 3.05) is 0 Å². The molecule has 6 aromatic heterocycles. The molecule has 9 heteroatoms. The molecule has 6 heterocycles. The van der Waals surface area contributed by atoms with Gasteiger partial charge in [-0.3, -0.25) is 0 Å². The third-order valence-corrected chi connectivity index (χ3v) is 19.7. The van der Waals surface area contributed by atoms with E-state index in [1.807, 2.05) is 12.1 Å². The Balaban J connectivity index is 0.898. The molecule has 0 N–H and O–H groups in total. The van der Waals surface area contributed by atoms with E-state index in [9.17, 15) is 6.57 Å². The van der Waals surface area contributed by atoms with Gasteiger partial charge in [0.1, 0.15) is 11.6 Å². The number of aromatic nitrogens is 6. The Morgan fingerprint density at radius 3 is 0.766 bits per heavy atom. The number of nitrogens with zero attached hydrogens (tertiary/aromatic N) is 7. The van der Waals surface area contributed by atoms with Crippen LogP contribution >= 0.6 is 0 Å². The Kier molecular flexibility index (Phi) is 10.9. The third-order valence-electron chi connectivity index (χ3n) is 19.7. The number of fused-ring (bicyclic) bond motifs is 18. The van der Waals surface area contributed by atoms with Crippen LogP contribution in [0, 0.1) is 18.2 Å². The third kappa shape index (κ3) is 7.27. The van der Waals surface area contributed by atoms with Gasteiger partial charge in [0, 0.05) is 93.5 Å². The zero-order chi connectivity index (χ0) is 62.0. The van der Waals surface area contributed by atoms with E-state index in [-0.39, 0.29) is 0 Å². The van der Waals surface area contributed by atoms with E-state index < -0.39 is 11.6 Å². The van der Waals surface area contributed by atoms with Crippen molar-refractivity contribution in [3.63, 3.8) is 0 Å². The van der Waals surface area contributed by atoms with Crippen LogP contribution in [-0.2, 0) is 0 Å². The van der Waals surface area contributed by atoms with Crippen molar-refractivity contribution < 1.29 is 8.78 Å². The average Bonchev–Trinajstić information content (AvgIpc) is 1.61. The quantitative estimate of drug-likeness (QED) is 0.143. The highest BCUT2D eigenvalue weighted by atomic mass is 19.1. The second kappa shape index (κ2) is 19.6. The van der Waals surface area contributed by atoms with Crippen LogP contribution in [0.25, 0.3) is 181 Å². The summed E-state index contributed by atoms with van der Waals surface area (Å²) in [5.41, 5.74) is 18.2. The molecule has 0 spiro atoms. The summed E-state index contributed by atoms with van der Waals surface area (Å²) in [5.74, 6) is -1.44. The molecule has 20 rings (SSSR count). The Morgan fingerprint density at radius 1 is 0.234 bits per heavy atom. The maximum absolute atomic E-state index is 16.0. The molecule has 0 radical (unpaired) electrons. The Morgan fingerprint density at radius 2 is 0.489 bits per heavy atom. The summed E-state index contributed by atoms with van der Waals surface area (Å²) in [7, 11) is 0. The van der Waals surface area contributed by atoms with Gasteiger partial charge in [0.25, 0.3) is 0 Å². The minimum Gasteiger partial charge on any atom is -0.319 e. The Hall–Kier alpha value is -12.8. The zero-order valence-corrected chi connectivity index (χ0v) is 50.2. The van der Waals surface area contributed by atoms with Gasteiger partial charge in [0.2, 0.25) is 5.69 Å². The first-order valence-electron chi connectivity index (χ1n) is 31.6. The summed E-state index contributed by atoms with van der Waals surface area (Å²) in [6.45, 7) is 9.67. The van der Waals surface area contributed by atoms with Gasteiger partial charge in [-0.05, 0) is 151 Å². The highest BCUT2D eigenvalue weighted by Gasteiger charge is 2.28. The molecule has 0 bridgehead atoms. The number of para-hydroxylation sites is 8. The minimum absolute atomic E-state index is 0.302. The first-order valence-corrected chi connectivity index (χ1v) is 31.6. The fourth-order valence-electron chi connectivity index (χ4n) is 15.9. The first-order chi connectivity index (χ1) is 46.4. The fourth-order valence-corrected chi connectivity index (χ4v) is 15.9. The highest BCUT2D eigenvalue weighted by molar-refractivity contribution is 6.18. The maximum Gasteiger partial charge on any atom is 0.234 e. The number of halogens is 2. The van der Waals surface area contributed by atoms with Gasteiger partial charge < -0.3 is 27.4 Å². The molecule has 94 heavy (non-hydrogen) atoms. The van der Waals surface area contributed by atoms with Gasteiger partial charge in [0.05, 0.1) is 84.1 Å². The van der Waals surface area contributed by atoms with Crippen LogP contribution in [-0.4, -0.2) is 27.4 Å². The largest absolute Gasteiger partial charge is 0.319 e. The van der Waals surface area contributed by atoms with Gasteiger partial charge in [-0.1, -0.05) is 152 Å². The summed E-state index contributed by atoms with van der Waals surface area (Å²) >= 11 is 0. The molecule has 20 aromatic rings. The standard InChI is InChI=1S/C85H49F2N7/c1-88-84-83(93-79-39-34-54(89-71-26-10-2-18-59(71)60-19-3-11-27-72(60)89)47-67(79)68-48-55(35-40-80(68)93)90-73-28-12-4-20-61(73)62-21-5-13-29-74(62)90)43-38-58(51-44-52(86)46-53(87)45-51)85(84)94-81-41-36-56(91-75-30-14-6-22-63(75)64-23-7-15-31-76(64)91)49-69(81)70-50-57(37-42-82(70)94)92-77-32-16-8-24-65(77)66-25-9-17-33-78(66)92/h2-50H. The molecule has 0 saturated carbocycles. The molecule has 0 aliphatic heterocycles. The van der Waals surface area contributed by atoms with E-state index in [0.29, 0.717) is 28.2 Å². The number of rotatable bonds is 7. The fraction of sp³-hybridized carbons (Fsp3) is 0. The zero-order valence-electron chi connectivity index (χ0n) is 50.2. The SMILES string of the molecule is [C-]#[N+]c1c(-n2c3ccc(-n4c5ccccc5c5ccccc54)cc3c3cc(-n4c5ccccc5c5ccccc54)ccc32)ccc(-c2cc(F)cc(F)c2)c1-n1c2ccc(-n3c4ccccc4c4ccccc43)cc2c2cc(-n3c4ccccc4c4ccccc43)ccc21. The van der Waals surface area contributed by atoms with Gasteiger partial charge in [0.15, 0.2) is 0 Å². The van der Waals surface area contributed by atoms with Crippen LogP contribution in [0.15, 0.2) is 297 Å². The highest BCUT2D eigenvalue weighted by Crippen LogP contribution is 2.49. The predicted octanol–water partition coefficient (Wildman–Crippen LogP) is 22.8. The number of hydrogen-bond acceptors (Lipinski definition) is 0. The summed E-state index contributed by atoms with van der Waals surface area (Å²) in [5, 5.41) is 13.1. The smallest absolute Gasteiger partial charge is 0.234 e. The van der Waals surface area contributed by atoms with Crippen LogP contribution in [0.5, 0.6) is 0 Å². The molecule has 0 fully saturated rings. The van der Waals surface area contributed by atoms with Gasteiger partial charge in [-0.25, -0.2) is 13.6 Å². The Labute approximate surface area is 535 Å². The molecule has 0 aliphatic carbocycles. The van der Waals surface area contributed by atoms with Crippen molar-refractivity contribution in [2.45, 2.75) is 0 Å². The normalized spacial score (nSPS) is 12.1. The molecule has 7 nitrogen and oxygen atoms in total. The second-order valence-electron chi connectivity index (χ2n) is 24.6. The van der Waals surface area contributed by atoms with Crippen molar-refractivity contribution in [2.24, 2.45) is 0 Å². The lowest BCUT2D eigenvalue weighted by atomic mass is 10.00. The average molecular weight is 1210 g/mol. The molecule has 0 saturated heterocycles. The van der Waals surface area contributed by atoms with E-state index in [2.05, 4.69) is 299 Å². The maximum atomic E-state index is 16.0. The molecule has 0 aliphatic rings. The monoisotopic (exact) mass is 1210 g/mol. The molecule has 0 unspecified atom stereocenters. The van der Waals surface area contributed by atoms with Gasteiger partial charge in [-0.2, -0.15) is 0 Å². The van der Waals surface area contributed by atoms with Gasteiger partial charge in [-0.15, -0.1) is 0 Å².